The second kappa shape index (κ2) is 8.51. The van der Waals surface area contributed by atoms with Crippen LogP contribution in [0.1, 0.15) is 26.5 Å². The van der Waals surface area contributed by atoms with Crippen LogP contribution in [-0.4, -0.2) is 22.1 Å². The lowest BCUT2D eigenvalue weighted by atomic mass is 9.93. The molecular formula is C20H20ClF2N3OS. The van der Waals surface area contributed by atoms with Crippen molar-refractivity contribution < 1.29 is 13.6 Å². The van der Waals surface area contributed by atoms with Gasteiger partial charge in [0.05, 0.1) is 21.8 Å². The lowest BCUT2D eigenvalue weighted by molar-refractivity contribution is 0.0966. The molecule has 2 N–H and O–H groups in total. The quantitative estimate of drug-likeness (QED) is 0.556. The van der Waals surface area contributed by atoms with Gasteiger partial charge in [-0.05, 0) is 49.6 Å². The molecule has 0 fully saturated rings. The van der Waals surface area contributed by atoms with Gasteiger partial charge in [-0.2, -0.15) is 5.10 Å². The monoisotopic (exact) mass is 423 g/mol. The number of aryl methyl sites for hydroxylation is 2. The molecule has 2 heterocycles. The molecule has 0 unspecified atom stereocenters. The van der Waals surface area contributed by atoms with Gasteiger partial charge in [0, 0.05) is 23.9 Å². The van der Waals surface area contributed by atoms with Crippen LogP contribution in [0.2, 0.25) is 5.02 Å². The lowest BCUT2D eigenvalue weighted by Gasteiger charge is -2.13. The van der Waals surface area contributed by atoms with E-state index in [1.165, 1.54) is 17.4 Å². The van der Waals surface area contributed by atoms with Gasteiger partial charge in [0.2, 0.25) is 0 Å². The first-order chi connectivity index (χ1) is 13.3. The van der Waals surface area contributed by atoms with Crippen LogP contribution in [0, 0.1) is 24.5 Å². The van der Waals surface area contributed by atoms with E-state index in [0.717, 1.165) is 28.3 Å². The van der Waals surface area contributed by atoms with Crippen molar-refractivity contribution in [1.82, 2.24) is 9.78 Å². The number of nitrogens with two attached hydrogens (primary N) is 1. The highest BCUT2D eigenvalue weighted by Gasteiger charge is 2.21. The van der Waals surface area contributed by atoms with Crippen LogP contribution in [0.15, 0.2) is 30.5 Å². The molecule has 1 aromatic carbocycles. The van der Waals surface area contributed by atoms with Crippen molar-refractivity contribution >= 4 is 28.7 Å². The molecule has 0 bridgehead atoms. The molecular weight excluding hydrogens is 404 g/mol. The van der Waals surface area contributed by atoms with E-state index in [-0.39, 0.29) is 24.7 Å². The SMILES string of the molecule is Cc1sc(C(=O)C[C@H](CN)Cc2ccc(F)c(F)c2)cc1-c1c(Cl)cnn1C. The van der Waals surface area contributed by atoms with Crippen molar-refractivity contribution in [2.24, 2.45) is 18.7 Å². The number of carbonyl (C=O) groups excluding carboxylic acids is 1. The lowest BCUT2D eigenvalue weighted by Crippen LogP contribution is -2.20. The van der Waals surface area contributed by atoms with E-state index < -0.39 is 11.6 Å². The Balaban J connectivity index is 1.76. The predicted molar refractivity (Wildman–Crippen MR) is 108 cm³/mol. The van der Waals surface area contributed by atoms with Crippen molar-refractivity contribution in [3.8, 4) is 11.3 Å². The van der Waals surface area contributed by atoms with Crippen LogP contribution in [0.4, 0.5) is 8.78 Å². The number of halogens is 3. The van der Waals surface area contributed by atoms with Gasteiger partial charge in [-0.3, -0.25) is 9.48 Å². The minimum atomic E-state index is -0.897. The van der Waals surface area contributed by atoms with Gasteiger partial charge in [0.1, 0.15) is 0 Å². The Kier molecular flexibility index (Phi) is 6.27. The third-order valence-corrected chi connectivity index (χ3v) is 6.03. The van der Waals surface area contributed by atoms with E-state index in [2.05, 4.69) is 5.10 Å². The van der Waals surface area contributed by atoms with Gasteiger partial charge in [0.15, 0.2) is 17.4 Å². The molecule has 4 nitrogen and oxygen atoms in total. The van der Waals surface area contributed by atoms with Gasteiger partial charge in [-0.1, -0.05) is 17.7 Å². The molecule has 148 valence electrons. The van der Waals surface area contributed by atoms with Crippen LogP contribution in [0.25, 0.3) is 11.3 Å². The average Bonchev–Trinajstić information content (AvgIpc) is 3.19. The molecule has 28 heavy (non-hydrogen) atoms. The zero-order chi connectivity index (χ0) is 20.4. The second-order valence-electron chi connectivity index (χ2n) is 6.73. The molecule has 8 heteroatoms. The Morgan fingerprint density at radius 3 is 2.68 bits per heavy atom. The molecule has 2 aromatic heterocycles. The first-order valence-corrected chi connectivity index (χ1v) is 9.95. The molecule has 0 saturated carbocycles. The second-order valence-corrected chi connectivity index (χ2v) is 8.39. The van der Waals surface area contributed by atoms with E-state index in [1.54, 1.807) is 17.9 Å². The zero-order valence-electron chi connectivity index (χ0n) is 15.5. The molecule has 0 aliphatic carbocycles. The summed E-state index contributed by atoms with van der Waals surface area (Å²) in [7, 11) is 1.80. The summed E-state index contributed by atoms with van der Waals surface area (Å²) in [4.78, 5) is 14.4. The number of ketones is 1. The molecule has 3 rings (SSSR count). The molecule has 0 amide bonds. The topological polar surface area (TPSA) is 60.9 Å². The summed E-state index contributed by atoms with van der Waals surface area (Å²) in [6.07, 6.45) is 2.21. The standard InChI is InChI=1S/C20H20ClF2N3OS/c1-11-14(20-15(21)10-25-26(20)2)8-19(28-11)18(27)7-13(9-24)5-12-3-4-16(22)17(23)6-12/h3-4,6,8,10,13H,5,7,9,24H2,1-2H3/t13-/m1/s1. The molecule has 0 saturated heterocycles. The van der Waals surface area contributed by atoms with Crippen LogP contribution >= 0.6 is 22.9 Å². The van der Waals surface area contributed by atoms with Crippen LogP contribution in [0.3, 0.4) is 0 Å². The summed E-state index contributed by atoms with van der Waals surface area (Å²) < 4.78 is 28.2. The van der Waals surface area contributed by atoms with Gasteiger partial charge in [-0.25, -0.2) is 8.78 Å². The Morgan fingerprint density at radius 1 is 1.32 bits per heavy atom. The van der Waals surface area contributed by atoms with Crippen molar-refractivity contribution in [3.63, 3.8) is 0 Å². The van der Waals surface area contributed by atoms with Crippen molar-refractivity contribution in [3.05, 3.63) is 62.4 Å². The Bertz CT molecular complexity index is 996. The third-order valence-electron chi connectivity index (χ3n) is 4.66. The molecule has 0 aliphatic heterocycles. The number of nitrogens with zero attached hydrogens (tertiary/aromatic N) is 2. The van der Waals surface area contributed by atoms with Crippen LogP contribution < -0.4 is 5.73 Å². The first-order valence-electron chi connectivity index (χ1n) is 8.75. The summed E-state index contributed by atoms with van der Waals surface area (Å²) in [5, 5.41) is 4.67. The highest BCUT2D eigenvalue weighted by atomic mass is 35.5. The van der Waals surface area contributed by atoms with E-state index in [0.29, 0.717) is 21.9 Å². The zero-order valence-corrected chi connectivity index (χ0v) is 17.1. The normalized spacial score (nSPS) is 12.4. The molecule has 0 spiro atoms. The fraction of sp³-hybridized carbons (Fsp3) is 0.300. The number of carbonyl (C=O) groups is 1. The predicted octanol–water partition coefficient (Wildman–Crippen LogP) is 4.78. The minimum Gasteiger partial charge on any atom is -0.330 e. The summed E-state index contributed by atoms with van der Waals surface area (Å²) >= 11 is 7.63. The average molecular weight is 424 g/mol. The highest BCUT2D eigenvalue weighted by Crippen LogP contribution is 2.35. The summed E-state index contributed by atoms with van der Waals surface area (Å²) in [6, 6.07) is 5.59. The van der Waals surface area contributed by atoms with Crippen LogP contribution in [0.5, 0.6) is 0 Å². The summed E-state index contributed by atoms with van der Waals surface area (Å²) in [6.45, 7) is 2.21. The number of thiophene rings is 1. The number of Topliss-reactive ketones (excluding diaryl/α,β-unsaturated/α-hetero) is 1. The Hall–Kier alpha value is -2.09. The fourth-order valence-corrected chi connectivity index (χ4v) is 4.41. The minimum absolute atomic E-state index is 0.0318. The maximum Gasteiger partial charge on any atom is 0.173 e. The molecule has 1 atom stereocenters. The van der Waals surface area contributed by atoms with Crippen molar-refractivity contribution in [1.29, 1.82) is 0 Å². The fourth-order valence-electron chi connectivity index (χ4n) is 3.17. The van der Waals surface area contributed by atoms with Gasteiger partial charge in [-0.15, -0.1) is 11.3 Å². The van der Waals surface area contributed by atoms with Gasteiger partial charge in [0.25, 0.3) is 0 Å². The Labute approximate surface area is 170 Å². The largest absolute Gasteiger partial charge is 0.330 e. The summed E-state index contributed by atoms with van der Waals surface area (Å²) in [5.74, 6) is -1.98. The number of aromatic nitrogens is 2. The summed E-state index contributed by atoms with van der Waals surface area (Å²) in [5.41, 5.74) is 8.09. The molecule has 0 radical (unpaired) electrons. The van der Waals surface area contributed by atoms with Crippen LogP contribution in [-0.2, 0) is 13.5 Å². The van der Waals surface area contributed by atoms with E-state index in [9.17, 15) is 13.6 Å². The van der Waals surface area contributed by atoms with Crippen molar-refractivity contribution in [2.45, 2.75) is 19.8 Å². The van der Waals surface area contributed by atoms with Gasteiger partial charge < -0.3 is 5.73 Å². The maximum atomic E-state index is 13.4. The maximum absolute atomic E-state index is 13.4. The number of benzene rings is 1. The van der Waals surface area contributed by atoms with E-state index in [4.69, 9.17) is 17.3 Å². The number of rotatable bonds is 7. The molecule has 3 aromatic rings. The molecule has 0 aliphatic rings. The first kappa shape index (κ1) is 20.6. The number of hydrogen-bond donors (Lipinski definition) is 1. The van der Waals surface area contributed by atoms with E-state index in [1.807, 2.05) is 13.0 Å². The van der Waals surface area contributed by atoms with Gasteiger partial charge >= 0.3 is 0 Å². The van der Waals surface area contributed by atoms with Crippen molar-refractivity contribution in [2.75, 3.05) is 6.54 Å². The highest BCUT2D eigenvalue weighted by molar-refractivity contribution is 7.14. The third kappa shape index (κ3) is 4.32. The number of hydrogen-bond acceptors (Lipinski definition) is 4. The van der Waals surface area contributed by atoms with E-state index >= 15 is 0 Å². The Morgan fingerprint density at radius 2 is 2.07 bits per heavy atom. The smallest absolute Gasteiger partial charge is 0.173 e.